The molecule has 3 fully saturated rings. The highest BCUT2D eigenvalue weighted by Crippen LogP contribution is 2.31. The molecular formula is C27H36N6O8S. The van der Waals surface area contributed by atoms with E-state index in [9.17, 15) is 32.4 Å². The molecule has 1 aromatic carbocycles. The number of sulfonamides is 1. The molecule has 4 aliphatic heterocycles. The molecular weight excluding hydrogens is 568 g/mol. The fourth-order valence-electron chi connectivity index (χ4n) is 5.46. The number of fused-ring (bicyclic) bond motifs is 1. The van der Waals surface area contributed by atoms with Crippen molar-refractivity contribution in [3.05, 3.63) is 29.3 Å². The second-order valence-electron chi connectivity index (χ2n) is 12.0. The molecule has 1 unspecified atom stereocenters. The van der Waals surface area contributed by atoms with E-state index in [-0.39, 0.29) is 43.6 Å². The van der Waals surface area contributed by atoms with Crippen LogP contribution in [0.4, 0.5) is 10.5 Å². The predicted octanol–water partition coefficient (Wildman–Crippen LogP) is -0.251. The van der Waals surface area contributed by atoms with E-state index < -0.39 is 56.6 Å². The Labute approximate surface area is 244 Å². The average molecular weight is 605 g/mol. The van der Waals surface area contributed by atoms with Crippen molar-refractivity contribution in [2.24, 2.45) is 0 Å². The molecule has 4 aliphatic rings. The molecule has 0 bridgehead atoms. The Morgan fingerprint density at radius 1 is 1.02 bits per heavy atom. The Morgan fingerprint density at radius 3 is 2.33 bits per heavy atom. The summed E-state index contributed by atoms with van der Waals surface area (Å²) in [5.74, 6) is -2.15. The van der Waals surface area contributed by atoms with Crippen molar-refractivity contribution in [2.75, 3.05) is 57.3 Å². The van der Waals surface area contributed by atoms with Gasteiger partial charge in [-0.25, -0.2) is 17.9 Å². The maximum Gasteiger partial charge on any atom is 0.410 e. The first-order valence-electron chi connectivity index (χ1n) is 14.0. The van der Waals surface area contributed by atoms with E-state index in [2.05, 4.69) is 19.8 Å². The summed E-state index contributed by atoms with van der Waals surface area (Å²) in [6.07, 6.45) is -0.349. The quantitative estimate of drug-likeness (QED) is 0.396. The zero-order valence-corrected chi connectivity index (χ0v) is 24.7. The van der Waals surface area contributed by atoms with E-state index in [0.29, 0.717) is 32.7 Å². The van der Waals surface area contributed by atoms with Crippen LogP contribution in [0, 0.1) is 0 Å². The number of anilines is 1. The van der Waals surface area contributed by atoms with Gasteiger partial charge in [0.1, 0.15) is 16.9 Å². The van der Waals surface area contributed by atoms with Crippen LogP contribution in [0.5, 0.6) is 0 Å². The minimum atomic E-state index is -3.56. The third-order valence-corrected chi connectivity index (χ3v) is 9.61. The number of carbonyl (C=O) groups excluding carboxylic acids is 5. The lowest BCUT2D eigenvalue weighted by Gasteiger charge is -2.39. The van der Waals surface area contributed by atoms with Gasteiger partial charge >= 0.3 is 6.09 Å². The monoisotopic (exact) mass is 604 g/mol. The van der Waals surface area contributed by atoms with Crippen LogP contribution in [0.25, 0.3) is 0 Å². The number of nitrogens with zero attached hydrogens (tertiary/aromatic N) is 4. The lowest BCUT2D eigenvalue weighted by molar-refractivity contribution is -0.136. The van der Waals surface area contributed by atoms with Crippen LogP contribution in [-0.4, -0.2) is 122 Å². The van der Waals surface area contributed by atoms with E-state index in [4.69, 9.17) is 4.74 Å². The van der Waals surface area contributed by atoms with Gasteiger partial charge in [-0.1, -0.05) is 0 Å². The molecule has 2 N–H and O–H groups in total. The van der Waals surface area contributed by atoms with E-state index >= 15 is 0 Å². The lowest BCUT2D eigenvalue weighted by atomic mass is 10.0. The molecule has 0 saturated carbocycles. The summed E-state index contributed by atoms with van der Waals surface area (Å²) in [5.41, 5.74) is 0.611. The van der Waals surface area contributed by atoms with Crippen molar-refractivity contribution in [1.29, 1.82) is 0 Å². The van der Waals surface area contributed by atoms with E-state index in [1.54, 1.807) is 39.0 Å². The second-order valence-corrected chi connectivity index (χ2v) is 14.0. The topological polar surface area (TPSA) is 166 Å². The molecule has 4 heterocycles. The summed E-state index contributed by atoms with van der Waals surface area (Å²) >= 11 is 0. The van der Waals surface area contributed by atoms with Gasteiger partial charge in [-0.05, 0) is 45.4 Å². The number of rotatable bonds is 7. The first-order chi connectivity index (χ1) is 19.7. The number of hydrogen-bond donors (Lipinski definition) is 2. The van der Waals surface area contributed by atoms with Crippen LogP contribution in [-0.2, 0) is 24.3 Å². The average Bonchev–Trinajstić information content (AvgIpc) is 3.11. The van der Waals surface area contributed by atoms with Crippen molar-refractivity contribution in [1.82, 2.24) is 24.7 Å². The maximum absolute atomic E-state index is 13.1. The molecule has 5 rings (SSSR count). The summed E-state index contributed by atoms with van der Waals surface area (Å²) in [6, 6.07) is 4.04. The molecule has 0 aliphatic carbocycles. The summed E-state index contributed by atoms with van der Waals surface area (Å²) in [7, 11) is -3.56. The lowest BCUT2D eigenvalue weighted by Crippen LogP contribution is -2.60. The van der Waals surface area contributed by atoms with Crippen LogP contribution < -0.4 is 14.9 Å². The Morgan fingerprint density at radius 2 is 1.69 bits per heavy atom. The molecule has 14 nitrogen and oxygen atoms in total. The number of amides is 5. The minimum absolute atomic E-state index is 0.0636. The van der Waals surface area contributed by atoms with Gasteiger partial charge in [0, 0.05) is 64.5 Å². The Kier molecular flexibility index (Phi) is 8.02. The largest absolute Gasteiger partial charge is 0.444 e. The van der Waals surface area contributed by atoms with E-state index in [1.165, 1.54) is 4.90 Å². The zero-order chi connectivity index (χ0) is 30.4. The summed E-state index contributed by atoms with van der Waals surface area (Å²) in [6.45, 7) is 8.86. The van der Waals surface area contributed by atoms with Crippen LogP contribution in [0.3, 0.4) is 0 Å². The fraction of sp³-hybridized carbons (Fsp3) is 0.593. The zero-order valence-electron chi connectivity index (χ0n) is 23.9. The van der Waals surface area contributed by atoms with Gasteiger partial charge in [-0.2, -0.15) is 0 Å². The summed E-state index contributed by atoms with van der Waals surface area (Å²) in [5, 5.41) is 1.53. The van der Waals surface area contributed by atoms with Crippen molar-refractivity contribution < 1.29 is 37.1 Å². The molecule has 0 aromatic heterocycles. The van der Waals surface area contributed by atoms with Gasteiger partial charge in [0.15, 0.2) is 0 Å². The number of imide groups is 2. The van der Waals surface area contributed by atoms with E-state index in [1.807, 2.05) is 0 Å². The van der Waals surface area contributed by atoms with Gasteiger partial charge < -0.3 is 14.5 Å². The number of benzene rings is 1. The van der Waals surface area contributed by atoms with Crippen LogP contribution >= 0.6 is 0 Å². The van der Waals surface area contributed by atoms with Crippen molar-refractivity contribution in [2.45, 2.75) is 50.5 Å². The normalized spacial score (nSPS) is 22.3. The molecule has 5 amide bonds. The number of hydrogen-bond acceptors (Lipinski definition) is 10. The van der Waals surface area contributed by atoms with E-state index in [0.717, 1.165) is 10.6 Å². The molecule has 42 heavy (non-hydrogen) atoms. The van der Waals surface area contributed by atoms with Crippen molar-refractivity contribution in [3.8, 4) is 0 Å². The third-order valence-electron chi connectivity index (χ3n) is 7.83. The van der Waals surface area contributed by atoms with Crippen LogP contribution in [0.15, 0.2) is 18.2 Å². The molecule has 0 radical (unpaired) electrons. The van der Waals surface area contributed by atoms with Crippen molar-refractivity contribution in [3.63, 3.8) is 0 Å². The highest BCUT2D eigenvalue weighted by molar-refractivity contribution is 7.90. The number of piperazine rings is 1. The Hall–Kier alpha value is -3.56. The Bertz CT molecular complexity index is 1410. The first kappa shape index (κ1) is 29.9. The number of nitrogens with one attached hydrogen (secondary N) is 2. The predicted molar refractivity (Wildman–Crippen MR) is 150 cm³/mol. The number of piperidine rings is 1. The molecule has 3 saturated heterocycles. The van der Waals surface area contributed by atoms with Gasteiger partial charge in [0.2, 0.25) is 21.8 Å². The fourth-order valence-corrected chi connectivity index (χ4v) is 6.82. The third kappa shape index (κ3) is 6.13. The molecule has 1 atom stereocenters. The number of ether oxygens (including phenoxy) is 1. The van der Waals surface area contributed by atoms with Crippen LogP contribution in [0.1, 0.15) is 54.3 Å². The Balaban J connectivity index is 1.09. The minimum Gasteiger partial charge on any atom is -0.444 e. The van der Waals surface area contributed by atoms with Gasteiger partial charge in [-0.15, -0.1) is 0 Å². The smallest absolute Gasteiger partial charge is 0.410 e. The summed E-state index contributed by atoms with van der Waals surface area (Å²) < 4.78 is 33.2. The highest BCUT2D eigenvalue weighted by atomic mass is 32.2. The van der Waals surface area contributed by atoms with Crippen molar-refractivity contribution >= 4 is 45.4 Å². The first-order valence-corrected chi connectivity index (χ1v) is 15.6. The molecule has 15 heteroatoms. The maximum atomic E-state index is 13.1. The molecule has 228 valence electrons. The SMILES string of the molecule is CC(C)(C)OC(=O)N1CC(S(=O)(=O)NCCN2CCN(c3ccc4c(c3)C(=O)N(C3CCC(=O)NC3=O)C4=O)CC2)C1. The standard InChI is InChI=1S/C27H36N6O8S/c1-27(2,3)41-26(38)32-15-18(16-32)42(39,40)28-8-9-30-10-12-31(13-11-30)17-4-5-19-20(14-17)25(37)33(24(19)36)21-6-7-22(34)29-23(21)35/h4-5,14,18,21,28H,6-13,15-16H2,1-3H3,(H,29,34,35). The number of carbonyl (C=O) groups is 5. The molecule has 0 spiro atoms. The van der Waals surface area contributed by atoms with Gasteiger partial charge in [-0.3, -0.25) is 34.3 Å². The highest BCUT2D eigenvalue weighted by Gasteiger charge is 2.45. The van der Waals surface area contributed by atoms with Gasteiger partial charge in [0.05, 0.1) is 11.1 Å². The van der Waals surface area contributed by atoms with Crippen LogP contribution in [0.2, 0.25) is 0 Å². The molecule has 1 aromatic rings. The summed E-state index contributed by atoms with van der Waals surface area (Å²) in [4.78, 5) is 68.5. The second kappa shape index (κ2) is 11.3. The number of likely N-dealkylation sites (tertiary alicyclic amines) is 1. The van der Waals surface area contributed by atoms with Gasteiger partial charge in [0.25, 0.3) is 11.8 Å².